The quantitative estimate of drug-likeness (QED) is 0.824. The smallest absolute Gasteiger partial charge is 0.368 e. The summed E-state index contributed by atoms with van der Waals surface area (Å²) in [6, 6.07) is 6.17. The summed E-state index contributed by atoms with van der Waals surface area (Å²) in [6.07, 6.45) is -3.22. The first-order valence-corrected chi connectivity index (χ1v) is 7.45. The molecule has 128 valence electrons. The molecule has 2 aromatic rings. The van der Waals surface area contributed by atoms with Crippen LogP contribution < -0.4 is 10.6 Å². The molecule has 0 unspecified atom stereocenters. The zero-order chi connectivity index (χ0) is 17.9. The van der Waals surface area contributed by atoms with Crippen LogP contribution in [-0.4, -0.2) is 16.9 Å². The number of nitrogens with one attached hydrogen (secondary N) is 2. The normalized spacial score (nSPS) is 11.5. The molecule has 0 fully saturated rings. The molecule has 0 saturated carbocycles. The Kier molecular flexibility index (Phi) is 5.33. The second-order valence-corrected chi connectivity index (χ2v) is 5.81. The molecular weight excluding hydrogens is 343 g/mol. The summed E-state index contributed by atoms with van der Waals surface area (Å²) in [5, 5.41) is 5.22. The Bertz CT molecular complexity index is 748. The molecule has 0 aliphatic heterocycles. The van der Waals surface area contributed by atoms with E-state index in [1.54, 1.807) is 0 Å². The summed E-state index contributed by atoms with van der Waals surface area (Å²) < 4.78 is 39.2. The van der Waals surface area contributed by atoms with Crippen molar-refractivity contribution < 1.29 is 18.0 Å². The molecule has 24 heavy (non-hydrogen) atoms. The average molecular weight is 358 g/mol. The van der Waals surface area contributed by atoms with Crippen LogP contribution in [-0.2, 0) is 6.18 Å². The SMILES string of the molecule is CC(C)Nc1cc(C(=O)Nc2ccc(Cl)cc2C(F)(F)F)ccn1. The number of anilines is 2. The highest BCUT2D eigenvalue weighted by Gasteiger charge is 2.34. The minimum absolute atomic E-state index is 0.0624. The number of carbonyl (C=O) groups excluding carboxylic acids is 1. The summed E-state index contributed by atoms with van der Waals surface area (Å²) >= 11 is 5.62. The van der Waals surface area contributed by atoms with Crippen LogP contribution in [0.5, 0.6) is 0 Å². The molecule has 0 bridgehead atoms. The Morgan fingerprint density at radius 2 is 1.92 bits per heavy atom. The number of benzene rings is 1. The van der Waals surface area contributed by atoms with Crippen molar-refractivity contribution in [1.29, 1.82) is 0 Å². The van der Waals surface area contributed by atoms with Crippen LogP contribution >= 0.6 is 11.6 Å². The van der Waals surface area contributed by atoms with Crippen LogP contribution in [0.15, 0.2) is 36.5 Å². The summed E-state index contributed by atoms with van der Waals surface area (Å²) in [4.78, 5) is 16.3. The molecule has 2 N–H and O–H groups in total. The van der Waals surface area contributed by atoms with Gasteiger partial charge in [0, 0.05) is 22.8 Å². The summed E-state index contributed by atoms with van der Waals surface area (Å²) in [6.45, 7) is 3.80. The van der Waals surface area contributed by atoms with Crippen molar-refractivity contribution in [2.75, 3.05) is 10.6 Å². The third kappa shape index (κ3) is 4.61. The molecule has 1 amide bonds. The maximum Gasteiger partial charge on any atom is 0.418 e. The highest BCUT2D eigenvalue weighted by molar-refractivity contribution is 6.30. The van der Waals surface area contributed by atoms with Crippen LogP contribution in [0.2, 0.25) is 5.02 Å². The van der Waals surface area contributed by atoms with Crippen LogP contribution in [0.1, 0.15) is 29.8 Å². The minimum Gasteiger partial charge on any atom is -0.368 e. The number of aromatic nitrogens is 1. The lowest BCUT2D eigenvalue weighted by Gasteiger charge is -2.15. The number of amides is 1. The summed E-state index contributed by atoms with van der Waals surface area (Å²) in [7, 11) is 0. The second kappa shape index (κ2) is 7.09. The predicted octanol–water partition coefficient (Wildman–Crippen LogP) is 4.83. The first-order valence-electron chi connectivity index (χ1n) is 7.07. The van der Waals surface area contributed by atoms with Crippen molar-refractivity contribution in [3.8, 4) is 0 Å². The van der Waals surface area contributed by atoms with Gasteiger partial charge in [-0.3, -0.25) is 4.79 Å². The van der Waals surface area contributed by atoms with E-state index in [4.69, 9.17) is 11.6 Å². The van der Waals surface area contributed by atoms with E-state index in [0.717, 1.165) is 12.1 Å². The number of carbonyl (C=O) groups is 1. The predicted molar refractivity (Wildman–Crippen MR) is 87.4 cm³/mol. The van der Waals surface area contributed by atoms with Gasteiger partial charge in [0.25, 0.3) is 5.91 Å². The van der Waals surface area contributed by atoms with E-state index < -0.39 is 17.6 Å². The van der Waals surface area contributed by atoms with Gasteiger partial charge < -0.3 is 10.6 Å². The number of nitrogens with zero attached hydrogens (tertiary/aromatic N) is 1. The lowest BCUT2D eigenvalue weighted by molar-refractivity contribution is -0.136. The first kappa shape index (κ1) is 18.1. The molecule has 4 nitrogen and oxygen atoms in total. The molecule has 2 rings (SSSR count). The standard InChI is InChI=1S/C16H15ClF3N3O/c1-9(2)22-14-7-10(5-6-21-14)15(24)23-13-4-3-11(17)8-12(13)16(18,19)20/h3-9H,1-2H3,(H,21,22)(H,23,24). The largest absolute Gasteiger partial charge is 0.418 e. The van der Waals surface area contributed by atoms with Gasteiger partial charge in [0.2, 0.25) is 0 Å². The molecule has 1 aromatic heterocycles. The van der Waals surface area contributed by atoms with E-state index in [1.807, 2.05) is 13.8 Å². The molecule has 0 spiro atoms. The highest BCUT2D eigenvalue weighted by Crippen LogP contribution is 2.36. The third-order valence-corrected chi connectivity index (χ3v) is 3.23. The van der Waals surface area contributed by atoms with E-state index >= 15 is 0 Å². The Morgan fingerprint density at radius 3 is 2.54 bits per heavy atom. The van der Waals surface area contributed by atoms with Crippen LogP contribution in [0, 0.1) is 0 Å². The van der Waals surface area contributed by atoms with Gasteiger partial charge in [-0.2, -0.15) is 13.2 Å². The van der Waals surface area contributed by atoms with Crippen molar-refractivity contribution in [2.45, 2.75) is 26.1 Å². The van der Waals surface area contributed by atoms with E-state index in [1.165, 1.54) is 24.4 Å². The van der Waals surface area contributed by atoms with Crippen molar-refractivity contribution in [2.24, 2.45) is 0 Å². The summed E-state index contributed by atoms with van der Waals surface area (Å²) in [5.41, 5.74) is -1.17. The highest BCUT2D eigenvalue weighted by atomic mass is 35.5. The molecule has 0 atom stereocenters. The number of hydrogen-bond acceptors (Lipinski definition) is 3. The number of pyridine rings is 1. The molecular formula is C16H15ClF3N3O. The van der Waals surface area contributed by atoms with Crippen LogP contribution in [0.3, 0.4) is 0 Å². The molecule has 0 radical (unpaired) electrons. The van der Waals surface area contributed by atoms with Gasteiger partial charge in [-0.15, -0.1) is 0 Å². The van der Waals surface area contributed by atoms with Gasteiger partial charge in [-0.25, -0.2) is 4.98 Å². The van der Waals surface area contributed by atoms with E-state index in [2.05, 4.69) is 15.6 Å². The van der Waals surface area contributed by atoms with Gasteiger partial charge in [0.1, 0.15) is 5.82 Å². The number of rotatable bonds is 4. The lowest BCUT2D eigenvalue weighted by Crippen LogP contribution is -2.17. The molecule has 0 aliphatic rings. The van der Waals surface area contributed by atoms with E-state index in [9.17, 15) is 18.0 Å². The van der Waals surface area contributed by atoms with Crippen molar-refractivity contribution >= 4 is 29.0 Å². The molecule has 0 saturated heterocycles. The Balaban J connectivity index is 2.27. The molecule has 1 heterocycles. The van der Waals surface area contributed by atoms with Crippen LogP contribution in [0.4, 0.5) is 24.7 Å². The number of halogens is 4. The van der Waals surface area contributed by atoms with E-state index in [0.29, 0.717) is 5.82 Å². The van der Waals surface area contributed by atoms with Gasteiger partial charge in [0.15, 0.2) is 0 Å². The topological polar surface area (TPSA) is 54.0 Å². The van der Waals surface area contributed by atoms with E-state index in [-0.39, 0.29) is 22.3 Å². The molecule has 0 aliphatic carbocycles. The number of hydrogen-bond donors (Lipinski definition) is 2. The van der Waals surface area contributed by atoms with Crippen molar-refractivity contribution in [1.82, 2.24) is 4.98 Å². The van der Waals surface area contributed by atoms with Crippen molar-refractivity contribution in [3.63, 3.8) is 0 Å². The van der Waals surface area contributed by atoms with Gasteiger partial charge >= 0.3 is 6.18 Å². The maximum atomic E-state index is 13.1. The zero-order valence-electron chi connectivity index (χ0n) is 12.9. The Labute approximate surface area is 142 Å². The average Bonchev–Trinajstić information content (AvgIpc) is 2.47. The number of alkyl halides is 3. The Hall–Kier alpha value is -2.28. The van der Waals surface area contributed by atoms with Crippen molar-refractivity contribution in [3.05, 3.63) is 52.7 Å². The maximum absolute atomic E-state index is 13.1. The fourth-order valence-electron chi connectivity index (χ4n) is 2.00. The monoisotopic (exact) mass is 357 g/mol. The summed E-state index contributed by atoms with van der Waals surface area (Å²) in [5.74, 6) is -0.207. The van der Waals surface area contributed by atoms with Gasteiger partial charge in [0.05, 0.1) is 11.3 Å². The molecule has 1 aromatic carbocycles. The fraction of sp³-hybridized carbons (Fsp3) is 0.250. The van der Waals surface area contributed by atoms with Crippen LogP contribution in [0.25, 0.3) is 0 Å². The third-order valence-electron chi connectivity index (χ3n) is 2.99. The first-order chi connectivity index (χ1) is 11.2. The minimum atomic E-state index is -4.63. The fourth-order valence-corrected chi connectivity index (χ4v) is 2.17. The Morgan fingerprint density at radius 1 is 1.21 bits per heavy atom. The lowest BCUT2D eigenvalue weighted by atomic mass is 10.1. The van der Waals surface area contributed by atoms with Gasteiger partial charge in [-0.05, 0) is 44.2 Å². The molecule has 8 heteroatoms. The zero-order valence-corrected chi connectivity index (χ0v) is 13.7. The second-order valence-electron chi connectivity index (χ2n) is 5.37. The van der Waals surface area contributed by atoms with Gasteiger partial charge in [-0.1, -0.05) is 11.6 Å².